The molecule has 0 aromatic carbocycles. The van der Waals surface area contributed by atoms with Gasteiger partial charge in [-0.15, -0.1) is 11.3 Å². The lowest BCUT2D eigenvalue weighted by atomic mass is 10.0. The molecule has 0 saturated carbocycles. The number of aromatic nitrogens is 2. The molecule has 0 bridgehead atoms. The average Bonchev–Trinajstić information content (AvgIpc) is 2.80. The summed E-state index contributed by atoms with van der Waals surface area (Å²) in [7, 11) is -3.39. The maximum Gasteiger partial charge on any atom is 0.248 e. The van der Waals surface area contributed by atoms with Gasteiger partial charge in [0.05, 0.1) is 6.10 Å². The van der Waals surface area contributed by atoms with Crippen molar-refractivity contribution in [1.29, 1.82) is 0 Å². The molecule has 0 aliphatic carbocycles. The fraction of sp³-hybridized carbons (Fsp3) is 0.500. The van der Waals surface area contributed by atoms with E-state index in [1.807, 2.05) is 6.07 Å². The topological polar surface area (TPSA) is 95.2 Å². The molecule has 8 heteroatoms. The molecule has 1 fully saturated rings. The minimum absolute atomic E-state index is 0.0281. The third kappa shape index (κ3) is 2.69. The molecular formula is C12H15N3O3S2. The number of rotatable bonds is 2. The Morgan fingerprint density at radius 2 is 2.30 bits per heavy atom. The van der Waals surface area contributed by atoms with Crippen molar-refractivity contribution in [3.05, 3.63) is 17.1 Å². The van der Waals surface area contributed by atoms with Crippen molar-refractivity contribution in [3.63, 3.8) is 0 Å². The van der Waals surface area contributed by atoms with E-state index in [9.17, 15) is 8.42 Å². The lowest BCUT2D eigenvalue weighted by Gasteiger charge is -2.26. The molecule has 1 aliphatic rings. The predicted molar refractivity (Wildman–Crippen MR) is 76.4 cm³/mol. The minimum Gasteiger partial charge on any atom is -0.373 e. The van der Waals surface area contributed by atoms with Crippen molar-refractivity contribution in [3.8, 4) is 0 Å². The van der Waals surface area contributed by atoms with Gasteiger partial charge in [-0.2, -0.15) is 0 Å². The first kappa shape index (κ1) is 13.9. The first-order chi connectivity index (χ1) is 9.43. The molecule has 3 heterocycles. The van der Waals surface area contributed by atoms with Crippen LogP contribution in [0.15, 0.2) is 17.4 Å². The zero-order valence-corrected chi connectivity index (χ0v) is 12.6. The lowest BCUT2D eigenvalue weighted by Crippen LogP contribution is -2.30. The maximum atomic E-state index is 11.5. The number of fused-ring (bicyclic) bond motifs is 1. The second kappa shape index (κ2) is 5.03. The molecule has 6 nitrogen and oxygen atoms in total. The number of hydrogen-bond acceptors (Lipinski definition) is 7. The molecule has 20 heavy (non-hydrogen) atoms. The number of nitrogens with two attached hydrogens (primary N) is 1. The summed E-state index contributed by atoms with van der Waals surface area (Å²) in [4.78, 5) is 9.70. The number of ether oxygens (including phenoxy) is 1. The summed E-state index contributed by atoms with van der Waals surface area (Å²) in [5.74, 6) is 0. The molecule has 2 aromatic rings. The SMILES string of the molecule is CS(=O)(=O)c1ncc2cc(C3CC(N)CCO3)sc2n1. The van der Waals surface area contributed by atoms with Crippen molar-refractivity contribution in [2.24, 2.45) is 5.73 Å². The minimum atomic E-state index is -3.39. The molecule has 0 radical (unpaired) electrons. The molecule has 2 unspecified atom stereocenters. The molecule has 3 rings (SSSR count). The molecule has 1 saturated heterocycles. The van der Waals surface area contributed by atoms with Crippen LogP contribution in [0.5, 0.6) is 0 Å². The first-order valence-corrected chi connectivity index (χ1v) is 8.98. The second-order valence-corrected chi connectivity index (χ2v) is 7.95. The Balaban J connectivity index is 1.98. The van der Waals surface area contributed by atoms with Crippen LogP contribution in [0.25, 0.3) is 10.2 Å². The van der Waals surface area contributed by atoms with Crippen LogP contribution in [-0.2, 0) is 14.6 Å². The molecule has 2 atom stereocenters. The van der Waals surface area contributed by atoms with E-state index < -0.39 is 9.84 Å². The fourth-order valence-electron chi connectivity index (χ4n) is 2.19. The van der Waals surface area contributed by atoms with Crippen LogP contribution in [0, 0.1) is 0 Å². The van der Waals surface area contributed by atoms with Crippen molar-refractivity contribution in [2.75, 3.05) is 12.9 Å². The van der Waals surface area contributed by atoms with Crippen LogP contribution in [0.3, 0.4) is 0 Å². The van der Waals surface area contributed by atoms with Gasteiger partial charge in [-0.05, 0) is 18.9 Å². The van der Waals surface area contributed by atoms with E-state index in [0.29, 0.717) is 11.4 Å². The fourth-order valence-corrected chi connectivity index (χ4v) is 3.82. The molecular weight excluding hydrogens is 298 g/mol. The molecule has 2 N–H and O–H groups in total. The van der Waals surface area contributed by atoms with E-state index in [0.717, 1.165) is 29.4 Å². The molecule has 1 aliphatic heterocycles. The predicted octanol–water partition coefficient (Wildman–Crippen LogP) is 1.27. The highest BCUT2D eigenvalue weighted by atomic mass is 32.2. The van der Waals surface area contributed by atoms with Crippen molar-refractivity contribution in [1.82, 2.24) is 9.97 Å². The first-order valence-electron chi connectivity index (χ1n) is 6.27. The Morgan fingerprint density at radius 1 is 1.50 bits per heavy atom. The van der Waals surface area contributed by atoms with E-state index in [1.165, 1.54) is 11.3 Å². The summed E-state index contributed by atoms with van der Waals surface area (Å²) in [5, 5.41) is 0.694. The Kier molecular flexibility index (Phi) is 3.49. The van der Waals surface area contributed by atoms with E-state index in [1.54, 1.807) is 6.20 Å². The summed E-state index contributed by atoms with van der Waals surface area (Å²) in [5.41, 5.74) is 5.96. The van der Waals surface area contributed by atoms with Crippen LogP contribution >= 0.6 is 11.3 Å². The number of hydrogen-bond donors (Lipinski definition) is 1. The number of nitrogens with zero attached hydrogens (tertiary/aromatic N) is 2. The van der Waals surface area contributed by atoms with Crippen LogP contribution < -0.4 is 5.73 Å². The van der Waals surface area contributed by atoms with Gasteiger partial charge in [0.25, 0.3) is 0 Å². The highest BCUT2D eigenvalue weighted by Crippen LogP contribution is 2.35. The van der Waals surface area contributed by atoms with Crippen molar-refractivity contribution >= 4 is 31.4 Å². The second-order valence-electron chi connectivity index (χ2n) is 4.98. The van der Waals surface area contributed by atoms with Gasteiger partial charge in [0.15, 0.2) is 0 Å². The highest BCUT2D eigenvalue weighted by molar-refractivity contribution is 7.90. The van der Waals surface area contributed by atoms with E-state index in [4.69, 9.17) is 10.5 Å². The van der Waals surface area contributed by atoms with Crippen LogP contribution in [-0.4, -0.2) is 37.3 Å². The monoisotopic (exact) mass is 313 g/mol. The summed E-state index contributed by atoms with van der Waals surface area (Å²) in [6, 6.07) is 2.10. The van der Waals surface area contributed by atoms with E-state index in [2.05, 4.69) is 9.97 Å². The highest BCUT2D eigenvalue weighted by Gasteiger charge is 2.24. The Hall–Kier alpha value is -1.09. The van der Waals surface area contributed by atoms with E-state index >= 15 is 0 Å². The van der Waals surface area contributed by atoms with Crippen LogP contribution in [0.1, 0.15) is 23.8 Å². The zero-order valence-electron chi connectivity index (χ0n) is 10.9. The Morgan fingerprint density at radius 3 is 3.00 bits per heavy atom. The summed E-state index contributed by atoms with van der Waals surface area (Å²) >= 11 is 1.44. The van der Waals surface area contributed by atoms with Gasteiger partial charge in [0, 0.05) is 35.4 Å². The average molecular weight is 313 g/mol. The van der Waals surface area contributed by atoms with Crippen molar-refractivity contribution < 1.29 is 13.2 Å². The van der Waals surface area contributed by atoms with Gasteiger partial charge in [0.2, 0.25) is 15.0 Å². The molecule has 0 amide bonds. The Bertz CT molecular complexity index is 741. The van der Waals surface area contributed by atoms with Crippen molar-refractivity contribution in [2.45, 2.75) is 30.1 Å². The van der Waals surface area contributed by atoms with Gasteiger partial charge in [-0.3, -0.25) is 0 Å². The third-order valence-corrected chi connectivity index (χ3v) is 5.24. The quantitative estimate of drug-likeness (QED) is 0.839. The largest absolute Gasteiger partial charge is 0.373 e. The summed E-state index contributed by atoms with van der Waals surface area (Å²) in [6.07, 6.45) is 4.27. The Labute approximate surface area is 120 Å². The molecule has 108 valence electrons. The van der Waals surface area contributed by atoms with Crippen LogP contribution in [0.4, 0.5) is 0 Å². The van der Waals surface area contributed by atoms with Gasteiger partial charge < -0.3 is 10.5 Å². The smallest absolute Gasteiger partial charge is 0.248 e. The normalized spacial score (nSPS) is 24.1. The number of thiophene rings is 1. The third-order valence-electron chi connectivity index (χ3n) is 3.24. The molecule has 0 spiro atoms. The van der Waals surface area contributed by atoms with Gasteiger partial charge in [-0.1, -0.05) is 0 Å². The van der Waals surface area contributed by atoms with Gasteiger partial charge in [0.1, 0.15) is 4.83 Å². The van der Waals surface area contributed by atoms with Gasteiger partial charge >= 0.3 is 0 Å². The lowest BCUT2D eigenvalue weighted by molar-refractivity contribution is 0.00890. The van der Waals surface area contributed by atoms with Crippen LogP contribution in [0.2, 0.25) is 0 Å². The summed E-state index contributed by atoms with van der Waals surface area (Å²) < 4.78 is 28.7. The standard InChI is InChI=1S/C12H15N3O3S2/c1-20(16,17)12-14-6-7-4-10(19-11(7)15-12)9-5-8(13)2-3-18-9/h4,6,8-9H,2-3,5,13H2,1H3. The zero-order chi connectivity index (χ0) is 14.3. The number of sulfone groups is 1. The summed E-state index contributed by atoms with van der Waals surface area (Å²) in [6.45, 7) is 0.653. The maximum absolute atomic E-state index is 11.5. The molecule has 2 aromatic heterocycles. The van der Waals surface area contributed by atoms with Gasteiger partial charge in [-0.25, -0.2) is 18.4 Å². The van der Waals surface area contributed by atoms with E-state index in [-0.39, 0.29) is 17.3 Å².